The number of hydrogen-bond acceptors (Lipinski definition) is 3. The van der Waals surface area contributed by atoms with Gasteiger partial charge in [-0.05, 0) is 36.8 Å². The van der Waals surface area contributed by atoms with Crippen molar-refractivity contribution in [3.63, 3.8) is 0 Å². The Labute approximate surface area is 147 Å². The van der Waals surface area contributed by atoms with Crippen molar-refractivity contribution < 1.29 is 13.2 Å². The number of benzene rings is 1. The zero-order valence-electron chi connectivity index (χ0n) is 14.1. The lowest BCUT2D eigenvalue weighted by Gasteiger charge is -2.18. The molecule has 0 spiro atoms. The molecule has 2 N–H and O–H groups in total. The fourth-order valence-corrected chi connectivity index (χ4v) is 4.37. The van der Waals surface area contributed by atoms with Gasteiger partial charge in [-0.3, -0.25) is 0 Å². The van der Waals surface area contributed by atoms with Crippen molar-refractivity contribution >= 4 is 21.7 Å². The Morgan fingerprint density at radius 2 is 2.00 bits per heavy atom. The van der Waals surface area contributed by atoms with Gasteiger partial charge in [-0.25, -0.2) is 17.9 Å². The third-order valence-electron chi connectivity index (χ3n) is 4.22. The maximum Gasteiger partial charge on any atom is 0.321 e. The van der Waals surface area contributed by atoms with Crippen molar-refractivity contribution in [1.82, 2.24) is 14.2 Å². The Balaban J connectivity index is 1.65. The molecular formula is C17H22N4O3S. The van der Waals surface area contributed by atoms with E-state index >= 15 is 0 Å². The molecule has 0 aliphatic carbocycles. The third kappa shape index (κ3) is 4.02. The first-order valence-corrected chi connectivity index (χ1v) is 9.82. The van der Waals surface area contributed by atoms with Gasteiger partial charge in [0.25, 0.3) is 0 Å². The molecule has 1 aromatic carbocycles. The van der Waals surface area contributed by atoms with E-state index < -0.39 is 15.3 Å². The summed E-state index contributed by atoms with van der Waals surface area (Å²) in [7, 11) is -3.36. The highest BCUT2D eigenvalue weighted by molar-refractivity contribution is 7.90. The second kappa shape index (κ2) is 7.28. The Bertz CT molecular complexity index is 833. The monoisotopic (exact) mass is 362 g/mol. The molecule has 0 saturated carbocycles. The van der Waals surface area contributed by atoms with E-state index in [0.717, 1.165) is 5.69 Å². The van der Waals surface area contributed by atoms with Crippen LogP contribution in [0.4, 0.5) is 10.5 Å². The molecular weight excluding hydrogens is 340 g/mol. The average Bonchev–Trinajstić information content (AvgIpc) is 3.27. The average molecular weight is 362 g/mol. The smallest absolute Gasteiger partial charge is 0.321 e. The highest BCUT2D eigenvalue weighted by Gasteiger charge is 2.34. The molecule has 1 aromatic heterocycles. The van der Waals surface area contributed by atoms with E-state index in [1.54, 1.807) is 11.8 Å². The molecule has 2 aromatic rings. The highest BCUT2D eigenvalue weighted by Crippen LogP contribution is 2.19. The summed E-state index contributed by atoms with van der Waals surface area (Å²) in [6.07, 6.45) is 4.31. The first kappa shape index (κ1) is 17.5. The maximum atomic E-state index is 12.4. The Hall–Kier alpha value is -2.32. The molecule has 1 atom stereocenters. The van der Waals surface area contributed by atoms with Crippen LogP contribution >= 0.6 is 0 Å². The van der Waals surface area contributed by atoms with E-state index in [1.807, 2.05) is 53.4 Å². The number of hydrogen-bond donors (Lipinski definition) is 2. The Morgan fingerprint density at radius 3 is 2.72 bits per heavy atom. The fourth-order valence-electron chi connectivity index (χ4n) is 2.94. The molecule has 134 valence electrons. The SMILES string of the molecule is CCNS(=O)(=O)C1CCN(C(=O)Nc2cccc(-n3cccc3)c2)C1. The lowest BCUT2D eigenvalue weighted by Crippen LogP contribution is -2.38. The summed E-state index contributed by atoms with van der Waals surface area (Å²) in [4.78, 5) is 14.0. The molecule has 7 nitrogen and oxygen atoms in total. The number of rotatable bonds is 5. The number of nitrogens with zero attached hydrogens (tertiary/aromatic N) is 2. The second-order valence-electron chi connectivity index (χ2n) is 5.97. The predicted molar refractivity (Wildman–Crippen MR) is 97.4 cm³/mol. The first-order chi connectivity index (χ1) is 12.0. The van der Waals surface area contributed by atoms with Crippen molar-refractivity contribution in [2.75, 3.05) is 25.0 Å². The van der Waals surface area contributed by atoms with Crippen LogP contribution in [0.2, 0.25) is 0 Å². The van der Waals surface area contributed by atoms with Crippen molar-refractivity contribution in [3.05, 3.63) is 48.8 Å². The topological polar surface area (TPSA) is 83.4 Å². The van der Waals surface area contributed by atoms with Gasteiger partial charge in [0.15, 0.2) is 0 Å². The van der Waals surface area contributed by atoms with Crippen LogP contribution in [0.5, 0.6) is 0 Å². The second-order valence-corrected chi connectivity index (χ2v) is 8.02. The quantitative estimate of drug-likeness (QED) is 0.854. The Morgan fingerprint density at radius 1 is 1.24 bits per heavy atom. The number of urea groups is 1. The van der Waals surface area contributed by atoms with Crippen LogP contribution in [0.15, 0.2) is 48.8 Å². The van der Waals surface area contributed by atoms with Crippen LogP contribution in [0, 0.1) is 0 Å². The fraction of sp³-hybridized carbons (Fsp3) is 0.353. The summed E-state index contributed by atoms with van der Waals surface area (Å²) in [5, 5.41) is 2.30. The van der Waals surface area contributed by atoms with Gasteiger partial charge in [0, 0.05) is 43.4 Å². The normalized spacial score (nSPS) is 17.6. The Kier molecular flexibility index (Phi) is 5.10. The molecule has 0 bridgehead atoms. The van der Waals surface area contributed by atoms with Crippen LogP contribution < -0.4 is 10.0 Å². The predicted octanol–water partition coefficient (Wildman–Crippen LogP) is 2.02. The van der Waals surface area contributed by atoms with Gasteiger partial charge in [0.2, 0.25) is 10.0 Å². The van der Waals surface area contributed by atoms with E-state index in [2.05, 4.69) is 10.0 Å². The standard InChI is InChI=1S/C17H22N4O3S/c1-2-18-25(23,24)16-8-11-21(13-16)17(22)19-14-6-5-7-15(12-14)20-9-3-4-10-20/h3-7,9-10,12,16,18H,2,8,11,13H2,1H3,(H,19,22). The van der Waals surface area contributed by atoms with Crippen LogP contribution in [0.3, 0.4) is 0 Å². The van der Waals surface area contributed by atoms with Gasteiger partial charge in [-0.2, -0.15) is 0 Å². The van der Waals surface area contributed by atoms with Crippen molar-refractivity contribution in [1.29, 1.82) is 0 Å². The summed E-state index contributed by atoms with van der Waals surface area (Å²) in [6, 6.07) is 11.1. The van der Waals surface area contributed by atoms with Crippen molar-refractivity contribution in [2.45, 2.75) is 18.6 Å². The first-order valence-electron chi connectivity index (χ1n) is 8.27. The molecule has 8 heteroatoms. The highest BCUT2D eigenvalue weighted by atomic mass is 32.2. The minimum absolute atomic E-state index is 0.207. The number of nitrogens with one attached hydrogen (secondary N) is 2. The van der Waals surface area contributed by atoms with Crippen LogP contribution in [0.25, 0.3) is 5.69 Å². The number of aromatic nitrogens is 1. The number of likely N-dealkylation sites (tertiary alicyclic amines) is 1. The van der Waals surface area contributed by atoms with E-state index in [1.165, 1.54) is 0 Å². The van der Waals surface area contributed by atoms with Gasteiger partial charge >= 0.3 is 6.03 Å². The van der Waals surface area contributed by atoms with E-state index in [-0.39, 0.29) is 12.6 Å². The maximum absolute atomic E-state index is 12.4. The molecule has 1 saturated heterocycles. The van der Waals surface area contributed by atoms with E-state index in [9.17, 15) is 13.2 Å². The molecule has 3 rings (SSSR count). The molecule has 1 aliphatic rings. The summed E-state index contributed by atoms with van der Waals surface area (Å²) in [5.74, 6) is 0. The molecule has 25 heavy (non-hydrogen) atoms. The van der Waals surface area contributed by atoms with Gasteiger partial charge in [-0.1, -0.05) is 13.0 Å². The third-order valence-corrected chi connectivity index (χ3v) is 6.17. The van der Waals surface area contributed by atoms with Crippen molar-refractivity contribution in [2.24, 2.45) is 0 Å². The van der Waals surface area contributed by atoms with Gasteiger partial charge < -0.3 is 14.8 Å². The molecule has 2 amide bonds. The lowest BCUT2D eigenvalue weighted by atomic mass is 10.2. The van der Waals surface area contributed by atoms with Gasteiger partial charge in [0.1, 0.15) is 0 Å². The van der Waals surface area contributed by atoms with E-state index in [0.29, 0.717) is 25.2 Å². The van der Waals surface area contributed by atoms with E-state index in [4.69, 9.17) is 0 Å². The summed E-state index contributed by atoms with van der Waals surface area (Å²) in [5.41, 5.74) is 1.62. The number of carbonyl (C=O) groups excluding carboxylic acids is 1. The molecule has 2 heterocycles. The number of sulfonamides is 1. The van der Waals surface area contributed by atoms with Crippen LogP contribution in [-0.2, 0) is 10.0 Å². The lowest BCUT2D eigenvalue weighted by molar-refractivity contribution is 0.222. The van der Waals surface area contributed by atoms with Crippen molar-refractivity contribution in [3.8, 4) is 5.69 Å². The summed E-state index contributed by atoms with van der Waals surface area (Å²) >= 11 is 0. The number of anilines is 1. The largest absolute Gasteiger partial charge is 0.324 e. The molecule has 1 fully saturated rings. The van der Waals surface area contributed by atoms with Gasteiger partial charge in [0.05, 0.1) is 5.25 Å². The number of amides is 2. The molecule has 0 radical (unpaired) electrons. The van der Waals surface area contributed by atoms with Crippen LogP contribution in [-0.4, -0.2) is 48.8 Å². The van der Waals surface area contributed by atoms with Gasteiger partial charge in [-0.15, -0.1) is 0 Å². The molecule has 1 unspecified atom stereocenters. The minimum Gasteiger partial charge on any atom is -0.324 e. The zero-order chi connectivity index (χ0) is 17.9. The molecule has 1 aliphatic heterocycles. The van der Waals surface area contributed by atoms with Crippen LogP contribution in [0.1, 0.15) is 13.3 Å². The zero-order valence-corrected chi connectivity index (χ0v) is 14.9. The summed E-state index contributed by atoms with van der Waals surface area (Å²) < 4.78 is 28.6. The number of carbonyl (C=O) groups is 1. The minimum atomic E-state index is -3.36. The summed E-state index contributed by atoms with van der Waals surface area (Å²) in [6.45, 7) is 2.74.